The van der Waals surface area contributed by atoms with Crippen molar-refractivity contribution in [3.63, 3.8) is 0 Å². The third kappa shape index (κ3) is 7.39. The van der Waals surface area contributed by atoms with Crippen molar-refractivity contribution < 1.29 is 4.79 Å². The lowest BCUT2D eigenvalue weighted by Gasteiger charge is -2.29. The summed E-state index contributed by atoms with van der Waals surface area (Å²) in [5.41, 5.74) is 4.06. The van der Waals surface area contributed by atoms with Gasteiger partial charge in [0.2, 0.25) is 0 Å². The molecule has 0 bridgehead atoms. The number of carbonyl (C=O) groups excluding carboxylic acids is 1. The number of halogens is 3. The van der Waals surface area contributed by atoms with Crippen LogP contribution in [0.25, 0.3) is 0 Å². The summed E-state index contributed by atoms with van der Waals surface area (Å²) in [7, 11) is 0. The second-order valence-corrected chi connectivity index (χ2v) is 9.87. The van der Waals surface area contributed by atoms with Crippen molar-refractivity contribution in [1.82, 2.24) is 10.2 Å². The molecule has 3 nitrogen and oxygen atoms in total. The molecule has 166 valence electrons. The van der Waals surface area contributed by atoms with Crippen LogP contribution in [-0.4, -0.2) is 21.1 Å². The van der Waals surface area contributed by atoms with E-state index in [4.69, 9.17) is 34.8 Å². The van der Waals surface area contributed by atoms with Gasteiger partial charge >= 0.3 is 0 Å². The van der Waals surface area contributed by atoms with E-state index in [0.29, 0.717) is 6.54 Å². The van der Waals surface area contributed by atoms with Gasteiger partial charge in [0, 0.05) is 19.6 Å². The molecule has 6 heteroatoms. The second kappa shape index (κ2) is 11.5. The Bertz CT molecular complexity index is 964. The lowest BCUT2D eigenvalue weighted by Crippen LogP contribution is -2.39. The van der Waals surface area contributed by atoms with E-state index in [-0.39, 0.29) is 0 Å². The molecule has 0 aliphatic rings. The summed E-state index contributed by atoms with van der Waals surface area (Å²) in [6, 6.07) is 29.6. The van der Waals surface area contributed by atoms with Crippen molar-refractivity contribution in [1.29, 1.82) is 0 Å². The van der Waals surface area contributed by atoms with Crippen LogP contribution in [0.15, 0.2) is 103 Å². The number of rotatable bonds is 9. The molecule has 0 spiro atoms. The molecule has 1 N–H and O–H groups in total. The van der Waals surface area contributed by atoms with Gasteiger partial charge in [0.15, 0.2) is 0 Å². The molecule has 32 heavy (non-hydrogen) atoms. The van der Waals surface area contributed by atoms with Gasteiger partial charge in [-0.05, 0) is 22.3 Å². The average molecular weight is 488 g/mol. The first kappa shape index (κ1) is 24.3. The molecule has 1 amide bonds. The van der Waals surface area contributed by atoms with Gasteiger partial charge in [0.25, 0.3) is 9.70 Å². The quantitative estimate of drug-likeness (QED) is 0.277. The number of nitrogens with zero attached hydrogens (tertiary/aromatic N) is 1. The largest absolute Gasteiger partial charge is 0.342 e. The summed E-state index contributed by atoms with van der Waals surface area (Å²) >= 11 is 17.5. The smallest absolute Gasteiger partial charge is 0.272 e. The molecule has 0 fully saturated rings. The summed E-state index contributed by atoms with van der Waals surface area (Å²) < 4.78 is -2.05. The zero-order valence-electron chi connectivity index (χ0n) is 17.6. The fourth-order valence-electron chi connectivity index (χ4n) is 3.51. The lowest BCUT2D eigenvalue weighted by molar-refractivity contribution is -0.120. The molecule has 3 aromatic carbocycles. The molecule has 1 atom stereocenters. The fourth-order valence-corrected chi connectivity index (χ4v) is 3.67. The molecule has 0 heterocycles. The molecule has 3 aromatic rings. The third-order valence-corrected chi connectivity index (χ3v) is 5.51. The maximum absolute atomic E-state index is 12.5. The molecular formula is C26H25Cl3N2O. The molecule has 3 rings (SSSR count). The Morgan fingerprint density at radius 1 is 0.812 bits per heavy atom. The monoisotopic (exact) mass is 486 g/mol. The summed E-state index contributed by atoms with van der Waals surface area (Å²) in [5, 5.41) is 2.85. The Morgan fingerprint density at radius 3 is 1.69 bits per heavy atom. The van der Waals surface area contributed by atoms with E-state index in [1.807, 2.05) is 66.7 Å². The Morgan fingerprint density at radius 2 is 1.25 bits per heavy atom. The van der Waals surface area contributed by atoms with Crippen molar-refractivity contribution in [3.05, 3.63) is 120 Å². The van der Waals surface area contributed by atoms with Gasteiger partial charge in [-0.25, -0.2) is 0 Å². The van der Waals surface area contributed by atoms with Crippen LogP contribution in [0.1, 0.15) is 22.7 Å². The van der Waals surface area contributed by atoms with Crippen LogP contribution in [0, 0.1) is 0 Å². The van der Waals surface area contributed by atoms with Gasteiger partial charge in [-0.3, -0.25) is 9.69 Å². The Labute approximate surface area is 204 Å². The van der Waals surface area contributed by atoms with Gasteiger partial charge in [-0.2, -0.15) is 0 Å². The highest BCUT2D eigenvalue weighted by molar-refractivity contribution is 6.76. The maximum atomic E-state index is 12.5. The number of carbonyl (C=O) groups is 1. The number of benzene rings is 3. The van der Waals surface area contributed by atoms with Gasteiger partial charge in [-0.15, -0.1) is 0 Å². The van der Waals surface area contributed by atoms with Crippen molar-refractivity contribution in [2.45, 2.75) is 22.9 Å². The summed E-state index contributed by atoms with van der Waals surface area (Å²) in [5.74, 6) is -0.685. The minimum absolute atomic E-state index is 0.492. The van der Waals surface area contributed by atoms with Gasteiger partial charge in [-0.1, -0.05) is 132 Å². The molecule has 0 aliphatic carbocycles. The van der Waals surface area contributed by atoms with Crippen molar-refractivity contribution in [2.24, 2.45) is 0 Å². The molecular weight excluding hydrogens is 463 g/mol. The van der Waals surface area contributed by atoms with Crippen molar-refractivity contribution in [2.75, 3.05) is 6.54 Å². The number of alkyl halides is 3. The van der Waals surface area contributed by atoms with Crippen molar-refractivity contribution >= 4 is 40.7 Å². The van der Waals surface area contributed by atoms with Gasteiger partial charge in [0.05, 0.1) is 6.04 Å². The molecule has 0 saturated heterocycles. The van der Waals surface area contributed by atoms with Gasteiger partial charge < -0.3 is 5.32 Å². The first-order valence-electron chi connectivity index (χ1n) is 10.2. The summed E-state index contributed by atoms with van der Waals surface area (Å²) in [4.78, 5) is 14.7. The first-order chi connectivity index (χ1) is 15.3. The predicted molar refractivity (Wildman–Crippen MR) is 134 cm³/mol. The lowest BCUT2D eigenvalue weighted by atomic mass is 9.98. The Balaban J connectivity index is 1.83. The number of hydrogen-bond donors (Lipinski definition) is 1. The minimum Gasteiger partial charge on any atom is -0.342 e. The number of nitrogens with one attached hydrogen (secondary N) is 1. The topological polar surface area (TPSA) is 32.3 Å². The Hall–Kier alpha value is -2.30. The Kier molecular flexibility index (Phi) is 8.77. The molecule has 0 saturated carbocycles. The maximum Gasteiger partial charge on any atom is 0.272 e. The minimum atomic E-state index is -2.05. The molecule has 0 aromatic heterocycles. The van der Waals surface area contributed by atoms with E-state index in [9.17, 15) is 4.79 Å². The predicted octanol–water partition coefficient (Wildman–Crippen LogP) is 6.47. The zero-order chi connectivity index (χ0) is 23.0. The van der Waals surface area contributed by atoms with E-state index < -0.39 is 15.7 Å². The first-order valence-corrected chi connectivity index (χ1v) is 11.4. The fraction of sp³-hybridized carbons (Fsp3) is 0.192. The third-order valence-electron chi connectivity index (χ3n) is 5.00. The van der Waals surface area contributed by atoms with Gasteiger partial charge in [0.1, 0.15) is 0 Å². The highest BCUT2D eigenvalue weighted by atomic mass is 35.6. The highest BCUT2D eigenvalue weighted by Crippen LogP contribution is 2.29. The summed E-state index contributed by atoms with van der Waals surface area (Å²) in [6.45, 7) is 6.31. The number of amides is 1. The highest BCUT2D eigenvalue weighted by Gasteiger charge is 2.33. The SMILES string of the molecule is C=C(CN(Cc1ccccc1)Cc1ccccc1)C(NC(=O)C(Cl)(Cl)Cl)c1ccccc1. The van der Waals surface area contributed by atoms with E-state index in [2.05, 4.69) is 41.1 Å². The number of hydrogen-bond acceptors (Lipinski definition) is 2. The van der Waals surface area contributed by atoms with E-state index in [0.717, 1.165) is 24.2 Å². The average Bonchev–Trinajstić information content (AvgIpc) is 2.78. The molecule has 0 radical (unpaired) electrons. The van der Waals surface area contributed by atoms with Crippen molar-refractivity contribution in [3.8, 4) is 0 Å². The van der Waals surface area contributed by atoms with Crippen LogP contribution in [0.4, 0.5) is 0 Å². The van der Waals surface area contributed by atoms with Crippen LogP contribution < -0.4 is 5.32 Å². The molecule has 0 aliphatic heterocycles. The summed E-state index contributed by atoms with van der Waals surface area (Å²) in [6.07, 6.45) is 0. The van der Waals surface area contributed by atoms with Crippen LogP contribution in [0.3, 0.4) is 0 Å². The van der Waals surface area contributed by atoms with E-state index in [1.54, 1.807) is 0 Å². The van der Waals surface area contributed by atoms with Crippen LogP contribution in [0.5, 0.6) is 0 Å². The van der Waals surface area contributed by atoms with E-state index >= 15 is 0 Å². The van der Waals surface area contributed by atoms with Crippen LogP contribution in [-0.2, 0) is 17.9 Å². The zero-order valence-corrected chi connectivity index (χ0v) is 19.8. The van der Waals surface area contributed by atoms with Crippen LogP contribution >= 0.6 is 34.8 Å². The second-order valence-electron chi connectivity index (χ2n) is 7.59. The standard InChI is InChI=1S/C26H25Cl3N2O/c1-20(24(23-15-9-4-10-16-23)30-25(32)26(27,28)29)17-31(18-21-11-5-2-6-12-21)19-22-13-7-3-8-14-22/h2-16,24H,1,17-19H2,(H,30,32). The van der Waals surface area contributed by atoms with Crippen LogP contribution in [0.2, 0.25) is 0 Å². The van der Waals surface area contributed by atoms with E-state index in [1.165, 1.54) is 11.1 Å². The normalized spacial score (nSPS) is 12.4. The molecule has 1 unspecified atom stereocenters.